The van der Waals surface area contributed by atoms with Gasteiger partial charge in [-0.25, -0.2) is 17.8 Å². The van der Waals surface area contributed by atoms with Crippen LogP contribution in [0.1, 0.15) is 24.0 Å². The number of hydrogen-bond donors (Lipinski definition) is 0. The minimum Gasteiger partial charge on any atom is -0.308 e. The lowest BCUT2D eigenvalue weighted by molar-refractivity contribution is -0.123. The number of benzene rings is 2. The van der Waals surface area contributed by atoms with E-state index < -0.39 is 15.8 Å². The lowest BCUT2D eigenvalue weighted by Crippen LogP contribution is -2.46. The Balaban J connectivity index is 1.52. The van der Waals surface area contributed by atoms with E-state index in [1.165, 1.54) is 27.8 Å². The van der Waals surface area contributed by atoms with Gasteiger partial charge in [0.2, 0.25) is 15.9 Å². The molecule has 1 saturated heterocycles. The molecule has 0 radical (unpaired) electrons. The van der Waals surface area contributed by atoms with Crippen LogP contribution in [0.3, 0.4) is 0 Å². The molecular formula is C25H31FN4O3S2. The summed E-state index contributed by atoms with van der Waals surface area (Å²) in [4.78, 5) is 22.4. The second-order valence-electron chi connectivity index (χ2n) is 9.35. The highest BCUT2D eigenvalue weighted by atomic mass is 32.2. The number of fused-ring (bicyclic) bond motifs is 1. The number of likely N-dealkylation sites (N-methyl/N-ethyl adjacent to an activating group) is 1. The fourth-order valence-corrected chi connectivity index (χ4v) is 7.04. The third kappa shape index (κ3) is 5.55. The predicted octanol–water partition coefficient (Wildman–Crippen LogP) is 4.05. The van der Waals surface area contributed by atoms with Gasteiger partial charge >= 0.3 is 0 Å². The van der Waals surface area contributed by atoms with Gasteiger partial charge in [0.25, 0.3) is 0 Å². The van der Waals surface area contributed by atoms with Crippen molar-refractivity contribution in [3.05, 3.63) is 53.3 Å². The Kier molecular flexibility index (Phi) is 7.56. The van der Waals surface area contributed by atoms with E-state index in [2.05, 4.69) is 19.1 Å². The number of carbonyl (C=O) groups is 1. The van der Waals surface area contributed by atoms with Crippen LogP contribution in [0.25, 0.3) is 10.2 Å². The van der Waals surface area contributed by atoms with Gasteiger partial charge in [-0.2, -0.15) is 4.31 Å². The van der Waals surface area contributed by atoms with E-state index in [1.54, 1.807) is 4.90 Å². The summed E-state index contributed by atoms with van der Waals surface area (Å²) in [6.07, 6.45) is 0.863. The molecule has 188 valence electrons. The number of piperidine rings is 1. The SMILES string of the molecule is Cc1cc(C)c2nc(N(CCN(C)C)C(=O)C3CCN(S(=O)(=O)c4ccc(F)cc4)CC3)sc2c1. The molecule has 0 aliphatic carbocycles. The van der Waals surface area contributed by atoms with Gasteiger partial charge in [-0.1, -0.05) is 17.4 Å². The summed E-state index contributed by atoms with van der Waals surface area (Å²) in [5, 5.41) is 0.682. The van der Waals surface area contributed by atoms with Gasteiger partial charge in [0, 0.05) is 32.1 Å². The third-order valence-corrected chi connectivity index (χ3v) is 9.28. The molecule has 0 saturated carbocycles. The number of aryl methyl sites for hydroxylation is 2. The molecular weight excluding hydrogens is 487 g/mol. The Morgan fingerprint density at radius 1 is 1.11 bits per heavy atom. The molecule has 0 spiro atoms. The van der Waals surface area contributed by atoms with E-state index in [0.717, 1.165) is 33.5 Å². The number of nitrogens with zero attached hydrogens (tertiary/aromatic N) is 4. The molecule has 7 nitrogen and oxygen atoms in total. The number of carbonyl (C=O) groups excluding carboxylic acids is 1. The number of amides is 1. The van der Waals surface area contributed by atoms with E-state index >= 15 is 0 Å². The molecule has 3 aromatic rings. The van der Waals surface area contributed by atoms with Crippen molar-refractivity contribution in [2.75, 3.05) is 45.2 Å². The topological polar surface area (TPSA) is 73.8 Å². The van der Waals surface area contributed by atoms with Crippen molar-refractivity contribution in [2.45, 2.75) is 31.6 Å². The number of halogens is 1. The molecule has 10 heteroatoms. The van der Waals surface area contributed by atoms with Gasteiger partial charge in [-0.05, 0) is 82.2 Å². The van der Waals surface area contributed by atoms with E-state index in [-0.39, 0.29) is 29.8 Å². The molecule has 0 unspecified atom stereocenters. The Hall–Kier alpha value is -2.40. The van der Waals surface area contributed by atoms with Crippen LogP contribution >= 0.6 is 11.3 Å². The Morgan fingerprint density at radius 3 is 2.40 bits per heavy atom. The molecule has 1 aliphatic rings. The van der Waals surface area contributed by atoms with Crippen LogP contribution in [0.2, 0.25) is 0 Å². The summed E-state index contributed by atoms with van der Waals surface area (Å²) in [5.41, 5.74) is 3.16. The number of sulfonamides is 1. The van der Waals surface area contributed by atoms with Crippen LogP contribution in [0.5, 0.6) is 0 Å². The van der Waals surface area contributed by atoms with Crippen LogP contribution in [0.15, 0.2) is 41.3 Å². The normalized spacial score (nSPS) is 15.7. The zero-order valence-corrected chi connectivity index (χ0v) is 22.1. The third-order valence-electron chi connectivity index (χ3n) is 6.34. The molecule has 0 N–H and O–H groups in total. The molecule has 1 aromatic heterocycles. The van der Waals surface area contributed by atoms with E-state index in [0.29, 0.717) is 31.1 Å². The number of hydrogen-bond acceptors (Lipinski definition) is 6. The Morgan fingerprint density at radius 2 is 1.77 bits per heavy atom. The van der Waals surface area contributed by atoms with Crippen molar-refractivity contribution in [2.24, 2.45) is 5.92 Å². The van der Waals surface area contributed by atoms with Crippen molar-refractivity contribution in [3.8, 4) is 0 Å². The quantitative estimate of drug-likeness (QED) is 0.472. The summed E-state index contributed by atoms with van der Waals surface area (Å²) >= 11 is 1.52. The molecule has 1 amide bonds. The van der Waals surface area contributed by atoms with Gasteiger partial charge in [-0.3, -0.25) is 9.69 Å². The van der Waals surface area contributed by atoms with Crippen LogP contribution in [-0.2, 0) is 14.8 Å². The van der Waals surface area contributed by atoms with Gasteiger partial charge in [0.1, 0.15) is 5.82 Å². The summed E-state index contributed by atoms with van der Waals surface area (Å²) in [7, 11) is 0.208. The first-order valence-corrected chi connectivity index (χ1v) is 13.9. The number of rotatable bonds is 7. The standard InChI is InChI=1S/C25H31FN4O3S2/c1-17-15-18(2)23-22(16-17)34-25(27-23)30(14-13-28(3)4)24(31)19-9-11-29(12-10-19)35(32,33)21-7-5-20(26)6-8-21/h5-8,15-16,19H,9-14H2,1-4H3. The minimum atomic E-state index is -3.72. The van der Waals surface area contributed by atoms with Crippen LogP contribution < -0.4 is 4.90 Å². The molecule has 0 atom stereocenters. The van der Waals surface area contributed by atoms with Crippen molar-refractivity contribution >= 4 is 42.6 Å². The van der Waals surface area contributed by atoms with Crippen molar-refractivity contribution in [1.82, 2.24) is 14.2 Å². The Bertz CT molecular complexity index is 1310. The maximum atomic E-state index is 13.7. The smallest absolute Gasteiger partial charge is 0.243 e. The van der Waals surface area contributed by atoms with Crippen LogP contribution in [0, 0.1) is 25.6 Å². The van der Waals surface area contributed by atoms with Gasteiger partial charge in [0.05, 0.1) is 15.1 Å². The second-order valence-corrected chi connectivity index (χ2v) is 12.3. The molecule has 2 aromatic carbocycles. The second kappa shape index (κ2) is 10.3. The Labute approximate surface area is 210 Å². The van der Waals surface area contributed by atoms with Crippen molar-refractivity contribution in [3.63, 3.8) is 0 Å². The van der Waals surface area contributed by atoms with Crippen molar-refractivity contribution in [1.29, 1.82) is 0 Å². The van der Waals surface area contributed by atoms with E-state index in [9.17, 15) is 17.6 Å². The molecule has 0 bridgehead atoms. The lowest BCUT2D eigenvalue weighted by atomic mass is 9.96. The van der Waals surface area contributed by atoms with Gasteiger partial charge in [0.15, 0.2) is 5.13 Å². The van der Waals surface area contributed by atoms with Gasteiger partial charge in [-0.15, -0.1) is 0 Å². The summed E-state index contributed by atoms with van der Waals surface area (Å²) in [6.45, 7) is 5.78. The first-order valence-electron chi connectivity index (χ1n) is 11.7. The highest BCUT2D eigenvalue weighted by Crippen LogP contribution is 2.34. The summed E-state index contributed by atoms with van der Waals surface area (Å²) in [5.74, 6) is -0.781. The van der Waals surface area contributed by atoms with E-state index in [4.69, 9.17) is 4.98 Å². The lowest BCUT2D eigenvalue weighted by Gasteiger charge is -2.33. The molecule has 1 fully saturated rings. The average Bonchev–Trinajstić information content (AvgIpc) is 3.23. The molecule has 4 rings (SSSR count). The maximum Gasteiger partial charge on any atom is 0.243 e. The first-order chi connectivity index (χ1) is 16.6. The van der Waals surface area contributed by atoms with Crippen LogP contribution in [0.4, 0.5) is 9.52 Å². The molecule has 35 heavy (non-hydrogen) atoms. The number of thiazole rings is 1. The number of aromatic nitrogens is 1. The largest absolute Gasteiger partial charge is 0.308 e. The van der Waals surface area contributed by atoms with E-state index in [1.807, 2.05) is 25.9 Å². The number of anilines is 1. The fourth-order valence-electron chi connectivity index (χ4n) is 4.39. The van der Waals surface area contributed by atoms with Crippen molar-refractivity contribution < 1.29 is 17.6 Å². The highest BCUT2D eigenvalue weighted by molar-refractivity contribution is 7.89. The summed E-state index contributed by atoms with van der Waals surface area (Å²) < 4.78 is 41.6. The molecule has 1 aliphatic heterocycles. The summed E-state index contributed by atoms with van der Waals surface area (Å²) in [6, 6.07) is 9.04. The first kappa shape index (κ1) is 25.7. The monoisotopic (exact) mass is 518 g/mol. The minimum absolute atomic E-state index is 0.0147. The zero-order valence-electron chi connectivity index (χ0n) is 20.5. The fraction of sp³-hybridized carbons (Fsp3) is 0.440. The highest BCUT2D eigenvalue weighted by Gasteiger charge is 2.35. The zero-order chi connectivity index (χ0) is 25.3. The van der Waals surface area contributed by atoms with Gasteiger partial charge < -0.3 is 4.90 Å². The van der Waals surface area contributed by atoms with Crippen LogP contribution in [-0.4, -0.2) is 68.8 Å². The maximum absolute atomic E-state index is 13.7. The average molecular weight is 519 g/mol. The predicted molar refractivity (Wildman–Crippen MR) is 138 cm³/mol. The molecule has 2 heterocycles.